The maximum Gasteiger partial charge on any atom is 0.257 e. The highest BCUT2D eigenvalue weighted by molar-refractivity contribution is 6.12. The van der Waals surface area contributed by atoms with Gasteiger partial charge in [-0.05, 0) is 35.3 Å². The average molecular weight is 299 g/mol. The van der Waals surface area contributed by atoms with E-state index in [9.17, 15) is 14.0 Å². The summed E-state index contributed by atoms with van der Waals surface area (Å²) in [7, 11) is 1.42. The van der Waals surface area contributed by atoms with Gasteiger partial charge >= 0.3 is 0 Å². The molecule has 2 amide bonds. The van der Waals surface area contributed by atoms with Crippen molar-refractivity contribution >= 4 is 17.9 Å². The minimum atomic E-state index is -0.414. The summed E-state index contributed by atoms with van der Waals surface area (Å²) >= 11 is 0. The van der Waals surface area contributed by atoms with E-state index in [2.05, 4.69) is 5.32 Å². The molecule has 2 aliphatic rings. The average Bonchev–Trinajstić information content (AvgIpc) is 2.48. The van der Waals surface area contributed by atoms with Crippen molar-refractivity contribution in [2.75, 3.05) is 7.11 Å². The third-order valence-electron chi connectivity index (χ3n) is 3.62. The highest BCUT2D eigenvalue weighted by Crippen LogP contribution is 2.29. The fourth-order valence-electron chi connectivity index (χ4n) is 2.59. The molecule has 1 aromatic rings. The molecule has 1 aliphatic carbocycles. The Morgan fingerprint density at radius 3 is 2.91 bits per heavy atom. The Morgan fingerprint density at radius 2 is 2.14 bits per heavy atom. The molecular weight excluding hydrogens is 285 g/mol. The Labute approximate surface area is 127 Å². The van der Waals surface area contributed by atoms with E-state index in [1.54, 1.807) is 12.1 Å². The number of carbonyl (C=O) groups is 2. The third kappa shape index (κ3) is 2.70. The van der Waals surface area contributed by atoms with E-state index in [-0.39, 0.29) is 24.0 Å². The summed E-state index contributed by atoms with van der Waals surface area (Å²) in [6.45, 7) is 0. The first-order valence-corrected chi connectivity index (χ1v) is 6.86. The number of carbonyl (C=O) groups excluding carboxylic acids is 2. The first kappa shape index (κ1) is 14.3. The summed E-state index contributed by atoms with van der Waals surface area (Å²) < 4.78 is 18.4. The van der Waals surface area contributed by atoms with Crippen molar-refractivity contribution in [2.45, 2.75) is 12.8 Å². The fraction of sp³-hybridized carbons (Fsp3) is 0.176. The van der Waals surface area contributed by atoms with E-state index in [4.69, 9.17) is 4.74 Å². The van der Waals surface area contributed by atoms with Crippen LogP contribution in [0.15, 0.2) is 47.1 Å². The van der Waals surface area contributed by atoms with Gasteiger partial charge in [0.2, 0.25) is 5.91 Å². The van der Waals surface area contributed by atoms with Crippen LogP contribution in [0.5, 0.6) is 5.75 Å². The number of allylic oxidation sites excluding steroid dienone is 3. The summed E-state index contributed by atoms with van der Waals surface area (Å²) in [4.78, 5) is 23.1. The third-order valence-corrected chi connectivity index (χ3v) is 3.62. The molecule has 5 heteroatoms. The first-order valence-electron chi connectivity index (χ1n) is 6.86. The molecule has 1 N–H and O–H groups in total. The van der Waals surface area contributed by atoms with Crippen molar-refractivity contribution < 1.29 is 18.7 Å². The van der Waals surface area contributed by atoms with Gasteiger partial charge in [0.25, 0.3) is 5.91 Å². The molecule has 0 saturated carbocycles. The minimum Gasteiger partial charge on any atom is -0.494 e. The number of methoxy groups -OCH3 is 1. The lowest BCUT2D eigenvalue weighted by Crippen LogP contribution is -2.37. The van der Waals surface area contributed by atoms with E-state index in [1.807, 2.05) is 18.2 Å². The normalized spacial score (nSPS) is 19.3. The monoisotopic (exact) mass is 299 g/mol. The molecule has 0 spiro atoms. The van der Waals surface area contributed by atoms with Crippen molar-refractivity contribution in [1.29, 1.82) is 0 Å². The van der Waals surface area contributed by atoms with Crippen LogP contribution in [0.3, 0.4) is 0 Å². The van der Waals surface area contributed by atoms with Crippen LogP contribution in [-0.2, 0) is 9.59 Å². The van der Waals surface area contributed by atoms with E-state index >= 15 is 0 Å². The summed E-state index contributed by atoms with van der Waals surface area (Å²) in [5, 5.41) is 2.30. The molecular formula is C17H14FNO3. The van der Waals surface area contributed by atoms with Crippen molar-refractivity contribution in [3.63, 3.8) is 0 Å². The lowest BCUT2D eigenvalue weighted by Gasteiger charge is -2.21. The van der Waals surface area contributed by atoms with E-state index in [0.29, 0.717) is 12.0 Å². The van der Waals surface area contributed by atoms with Gasteiger partial charge in [0.05, 0.1) is 13.5 Å². The number of nitrogens with one attached hydrogen (secondary N) is 1. The number of hydrogen-bond donors (Lipinski definition) is 1. The quantitative estimate of drug-likeness (QED) is 0.854. The van der Waals surface area contributed by atoms with Gasteiger partial charge in [-0.25, -0.2) is 4.39 Å². The summed E-state index contributed by atoms with van der Waals surface area (Å²) in [5.41, 5.74) is 3.04. The molecule has 3 rings (SSSR count). The van der Waals surface area contributed by atoms with Gasteiger partial charge < -0.3 is 4.74 Å². The second kappa shape index (κ2) is 5.60. The second-order valence-electron chi connectivity index (χ2n) is 5.16. The number of hydrogen-bond acceptors (Lipinski definition) is 3. The van der Waals surface area contributed by atoms with Crippen LogP contribution >= 0.6 is 0 Å². The molecule has 0 bridgehead atoms. The Kier molecular flexibility index (Phi) is 3.63. The Balaban J connectivity index is 1.91. The summed E-state index contributed by atoms with van der Waals surface area (Å²) in [6.07, 6.45) is 6.33. The van der Waals surface area contributed by atoms with Gasteiger partial charge in [-0.15, -0.1) is 0 Å². The van der Waals surface area contributed by atoms with Crippen LogP contribution in [0, 0.1) is 5.82 Å². The highest BCUT2D eigenvalue weighted by atomic mass is 19.1. The smallest absolute Gasteiger partial charge is 0.257 e. The van der Waals surface area contributed by atoms with E-state index in [1.165, 1.54) is 13.2 Å². The van der Waals surface area contributed by atoms with Crippen LogP contribution in [-0.4, -0.2) is 18.9 Å². The van der Waals surface area contributed by atoms with Crippen molar-refractivity contribution in [3.8, 4) is 5.75 Å². The molecule has 0 atom stereocenters. The predicted molar refractivity (Wildman–Crippen MR) is 79.5 cm³/mol. The topological polar surface area (TPSA) is 55.4 Å². The Hall–Kier alpha value is -2.69. The molecule has 112 valence electrons. The molecule has 1 aliphatic heterocycles. The Bertz CT molecular complexity index is 759. The Morgan fingerprint density at radius 1 is 1.32 bits per heavy atom. The maximum absolute atomic E-state index is 13.4. The number of ether oxygens (including phenoxy) is 1. The first-order chi connectivity index (χ1) is 10.6. The van der Waals surface area contributed by atoms with Gasteiger partial charge in [0.1, 0.15) is 0 Å². The summed E-state index contributed by atoms with van der Waals surface area (Å²) in [5.74, 6) is -0.868. The van der Waals surface area contributed by atoms with Gasteiger partial charge in [-0.2, -0.15) is 0 Å². The van der Waals surface area contributed by atoms with Crippen LogP contribution < -0.4 is 10.1 Å². The zero-order chi connectivity index (χ0) is 15.7. The number of rotatable bonds is 2. The van der Waals surface area contributed by atoms with Gasteiger partial charge in [0, 0.05) is 5.57 Å². The number of piperidine rings is 1. The molecule has 1 saturated heterocycles. The van der Waals surface area contributed by atoms with E-state index in [0.717, 1.165) is 16.7 Å². The van der Waals surface area contributed by atoms with Crippen LogP contribution in [0.1, 0.15) is 18.4 Å². The zero-order valence-electron chi connectivity index (χ0n) is 12.0. The minimum absolute atomic E-state index is 0.182. The SMILES string of the molecule is COc1cc(C=C2C=C3CC(=O)NC(=O)C3=CC2)ccc1F. The van der Waals surface area contributed by atoms with E-state index < -0.39 is 5.82 Å². The molecule has 4 nitrogen and oxygen atoms in total. The van der Waals surface area contributed by atoms with Gasteiger partial charge in [-0.1, -0.05) is 24.3 Å². The molecule has 1 aromatic carbocycles. The van der Waals surface area contributed by atoms with Crippen LogP contribution in [0.25, 0.3) is 6.08 Å². The molecule has 1 heterocycles. The zero-order valence-corrected chi connectivity index (χ0v) is 12.0. The second-order valence-corrected chi connectivity index (χ2v) is 5.16. The van der Waals surface area contributed by atoms with Crippen molar-refractivity contribution in [1.82, 2.24) is 5.32 Å². The van der Waals surface area contributed by atoms with Crippen LogP contribution in [0.4, 0.5) is 4.39 Å². The predicted octanol–water partition coefficient (Wildman–Crippen LogP) is 2.52. The molecule has 0 aromatic heterocycles. The van der Waals surface area contributed by atoms with Crippen molar-refractivity contribution in [2.24, 2.45) is 0 Å². The molecule has 22 heavy (non-hydrogen) atoms. The fourth-order valence-corrected chi connectivity index (χ4v) is 2.59. The largest absolute Gasteiger partial charge is 0.494 e. The maximum atomic E-state index is 13.4. The summed E-state index contributed by atoms with van der Waals surface area (Å²) in [6, 6.07) is 4.61. The van der Waals surface area contributed by atoms with Gasteiger partial charge in [0.15, 0.2) is 11.6 Å². The molecule has 0 radical (unpaired) electrons. The van der Waals surface area contributed by atoms with Crippen LogP contribution in [0.2, 0.25) is 0 Å². The lowest BCUT2D eigenvalue weighted by atomic mass is 9.88. The number of imide groups is 1. The molecule has 0 unspecified atom stereocenters. The van der Waals surface area contributed by atoms with Crippen molar-refractivity contribution in [3.05, 3.63) is 58.5 Å². The highest BCUT2D eigenvalue weighted by Gasteiger charge is 2.26. The number of fused-ring (bicyclic) bond motifs is 1. The molecule has 1 fully saturated rings. The number of amides is 2. The standard InChI is InChI=1S/C17H14FNO3/c1-22-15-8-11(3-5-14(15)18)6-10-2-4-13-12(7-10)9-16(20)19-17(13)21/h3-8H,2,9H2,1H3,(H,19,20,21). The number of halogens is 1. The number of benzene rings is 1. The lowest BCUT2D eigenvalue weighted by molar-refractivity contribution is -0.129. The van der Waals surface area contributed by atoms with Gasteiger partial charge in [-0.3, -0.25) is 14.9 Å².